The van der Waals surface area contributed by atoms with Crippen molar-refractivity contribution in [2.75, 3.05) is 0 Å². The largest absolute Gasteiger partial charge is 0.204 e. The molecule has 1 atom stereocenters. The van der Waals surface area contributed by atoms with E-state index in [9.17, 15) is 65.9 Å². The van der Waals surface area contributed by atoms with E-state index in [1.165, 1.54) is 0 Å². The summed E-state index contributed by atoms with van der Waals surface area (Å²) in [6.07, 6.45) is -1.19. The summed E-state index contributed by atoms with van der Waals surface area (Å²) in [6.45, 7) is 0.671. The third-order valence-electron chi connectivity index (χ3n) is 5.20. The molecule has 203 valence electrons. The molecule has 17 heteroatoms. The van der Waals surface area contributed by atoms with Gasteiger partial charge in [0.2, 0.25) is 11.6 Å². The van der Waals surface area contributed by atoms with Crippen LogP contribution in [0.25, 0.3) is 0 Å². The van der Waals surface area contributed by atoms with Crippen molar-refractivity contribution in [1.82, 2.24) is 0 Å². The second-order valence-corrected chi connectivity index (χ2v) is 10.00. The molecule has 3 rings (SSSR count). The SMILES string of the molecule is CC(C[B]c1c(F)c(F)c(F)c(F)c1F)P(c1c(F)c(F)c(F)c(F)c1F)c1c(F)c(F)c(F)c(F)c1F. The Hall–Kier alpha value is -2.90. The molecule has 38 heavy (non-hydrogen) atoms. The summed E-state index contributed by atoms with van der Waals surface area (Å²) in [6, 6.07) is 0. The van der Waals surface area contributed by atoms with E-state index in [1.807, 2.05) is 0 Å². The highest BCUT2D eigenvalue weighted by molar-refractivity contribution is 7.73. The van der Waals surface area contributed by atoms with Crippen molar-refractivity contribution in [3.8, 4) is 0 Å². The summed E-state index contributed by atoms with van der Waals surface area (Å²) < 4.78 is 209. The zero-order valence-electron chi connectivity index (χ0n) is 18.0. The van der Waals surface area contributed by atoms with E-state index >= 15 is 0 Å². The lowest BCUT2D eigenvalue weighted by molar-refractivity contribution is 0.382. The van der Waals surface area contributed by atoms with Gasteiger partial charge in [-0.25, -0.2) is 65.9 Å². The van der Waals surface area contributed by atoms with E-state index in [0.29, 0.717) is 6.92 Å². The normalized spacial score (nSPS) is 12.4. The van der Waals surface area contributed by atoms with Gasteiger partial charge < -0.3 is 0 Å². The molecule has 0 amide bonds. The summed E-state index contributed by atoms with van der Waals surface area (Å²) in [7, 11) is -3.69. The van der Waals surface area contributed by atoms with Crippen LogP contribution in [0.5, 0.6) is 0 Å². The molecular weight excluding hydrogens is 579 g/mol. The molecule has 3 aromatic rings. The van der Waals surface area contributed by atoms with Crippen LogP contribution in [0.3, 0.4) is 0 Å². The standard InChI is InChI=1S/C21H6BF15P/c1-3(2-22-4-5(23)7(25)9(27)8(26)6(4)24)38(20-16(34)12(30)10(28)13(31)17(20)35)21-18(36)14(32)11(29)15(33)19(21)37/h3H,2H2,1H3. The molecule has 0 bridgehead atoms. The van der Waals surface area contributed by atoms with E-state index < -0.39 is 123 Å². The maximum Gasteiger partial charge on any atom is 0.200 e. The van der Waals surface area contributed by atoms with E-state index in [2.05, 4.69) is 0 Å². The van der Waals surface area contributed by atoms with E-state index in [-0.39, 0.29) is 7.28 Å². The maximum atomic E-state index is 14.6. The minimum Gasteiger partial charge on any atom is -0.204 e. The van der Waals surface area contributed by atoms with Gasteiger partial charge in [0.05, 0.1) is 10.6 Å². The highest BCUT2D eigenvalue weighted by Crippen LogP contribution is 2.46. The Balaban J connectivity index is 2.27. The third kappa shape index (κ3) is 4.60. The van der Waals surface area contributed by atoms with Crippen LogP contribution >= 0.6 is 7.92 Å². The van der Waals surface area contributed by atoms with Crippen molar-refractivity contribution in [3.05, 3.63) is 87.3 Å². The first-order chi connectivity index (χ1) is 17.6. The van der Waals surface area contributed by atoms with Gasteiger partial charge >= 0.3 is 0 Å². The van der Waals surface area contributed by atoms with Gasteiger partial charge in [-0.2, -0.15) is 0 Å². The minimum absolute atomic E-state index is 0.161. The van der Waals surface area contributed by atoms with Gasteiger partial charge in [0.15, 0.2) is 82.9 Å². The fourth-order valence-electron chi connectivity index (χ4n) is 3.36. The topological polar surface area (TPSA) is 0 Å². The Morgan fingerprint density at radius 2 is 0.658 bits per heavy atom. The van der Waals surface area contributed by atoms with Gasteiger partial charge in [0, 0.05) is 0 Å². The van der Waals surface area contributed by atoms with Gasteiger partial charge in [-0.05, 0) is 19.0 Å². The Morgan fingerprint density at radius 3 is 0.947 bits per heavy atom. The minimum atomic E-state index is -3.85. The quantitative estimate of drug-likeness (QED) is 0.109. The summed E-state index contributed by atoms with van der Waals surface area (Å²) in [5, 5.41) is -4.06. The van der Waals surface area contributed by atoms with Crippen molar-refractivity contribution >= 4 is 31.3 Å². The first-order valence-corrected chi connectivity index (χ1v) is 11.1. The van der Waals surface area contributed by atoms with Crippen molar-refractivity contribution in [3.63, 3.8) is 0 Å². The molecule has 0 N–H and O–H groups in total. The molecule has 0 saturated carbocycles. The van der Waals surface area contributed by atoms with Crippen molar-refractivity contribution in [2.45, 2.75) is 18.9 Å². The Morgan fingerprint density at radius 1 is 0.421 bits per heavy atom. The van der Waals surface area contributed by atoms with Crippen LogP contribution in [0.2, 0.25) is 6.32 Å². The Bertz CT molecular complexity index is 1300. The molecule has 0 saturated heterocycles. The van der Waals surface area contributed by atoms with E-state index in [0.717, 1.165) is 0 Å². The zero-order valence-corrected chi connectivity index (χ0v) is 18.9. The zero-order chi connectivity index (χ0) is 29.0. The van der Waals surface area contributed by atoms with Crippen LogP contribution in [0.15, 0.2) is 0 Å². The predicted octanol–water partition coefficient (Wildman–Crippen LogP) is 6.04. The lowest BCUT2D eigenvalue weighted by Gasteiger charge is -2.28. The molecule has 0 aliphatic heterocycles. The predicted molar refractivity (Wildman–Crippen MR) is 105 cm³/mol. The molecule has 0 aliphatic carbocycles. The van der Waals surface area contributed by atoms with Gasteiger partial charge in [-0.1, -0.05) is 13.2 Å². The maximum absolute atomic E-state index is 14.6. The molecule has 0 nitrogen and oxygen atoms in total. The first kappa shape index (κ1) is 29.7. The van der Waals surface area contributed by atoms with Crippen LogP contribution in [0, 0.1) is 87.3 Å². The van der Waals surface area contributed by atoms with Crippen molar-refractivity contribution in [2.24, 2.45) is 0 Å². The van der Waals surface area contributed by atoms with Gasteiger partial charge in [0.1, 0.15) is 0 Å². The first-order valence-electron chi connectivity index (χ1n) is 9.72. The fraction of sp³-hybridized carbons (Fsp3) is 0.143. The number of rotatable bonds is 6. The van der Waals surface area contributed by atoms with E-state index in [4.69, 9.17) is 0 Å². The van der Waals surface area contributed by atoms with Crippen LogP contribution in [-0.2, 0) is 0 Å². The number of halogens is 15. The molecular formula is C21H6BF15P. The van der Waals surface area contributed by atoms with Crippen molar-refractivity contribution < 1.29 is 65.9 Å². The van der Waals surface area contributed by atoms with Gasteiger partial charge in [0.25, 0.3) is 0 Å². The Kier molecular flexibility index (Phi) is 8.35. The highest BCUT2D eigenvalue weighted by atomic mass is 31.1. The molecule has 1 unspecified atom stereocenters. The third-order valence-corrected chi connectivity index (χ3v) is 8.04. The lowest BCUT2D eigenvalue weighted by atomic mass is 9.65. The molecule has 1 radical (unpaired) electrons. The Labute approximate surface area is 204 Å². The second kappa shape index (κ2) is 10.7. The van der Waals surface area contributed by atoms with Crippen LogP contribution in [0.1, 0.15) is 6.92 Å². The molecule has 0 aliphatic rings. The van der Waals surface area contributed by atoms with Crippen LogP contribution in [0.4, 0.5) is 65.9 Å². The highest BCUT2D eigenvalue weighted by Gasteiger charge is 2.40. The average molecular weight is 585 g/mol. The summed E-state index contributed by atoms with van der Waals surface area (Å²) in [4.78, 5) is 0. The molecule has 0 aromatic heterocycles. The van der Waals surface area contributed by atoms with E-state index in [1.54, 1.807) is 0 Å². The summed E-state index contributed by atoms with van der Waals surface area (Å²) in [5.74, 6) is -39.3. The van der Waals surface area contributed by atoms with Gasteiger partial charge in [-0.15, -0.1) is 0 Å². The van der Waals surface area contributed by atoms with Crippen LogP contribution < -0.4 is 16.1 Å². The fourth-order valence-corrected chi connectivity index (χ4v) is 6.02. The smallest absolute Gasteiger partial charge is 0.200 e. The summed E-state index contributed by atoms with van der Waals surface area (Å²) >= 11 is 0. The summed E-state index contributed by atoms with van der Waals surface area (Å²) in [5.41, 5.74) is -3.67. The number of hydrogen-bond acceptors (Lipinski definition) is 0. The number of benzene rings is 3. The molecule has 0 spiro atoms. The second-order valence-electron chi connectivity index (χ2n) is 7.48. The average Bonchev–Trinajstić information content (AvgIpc) is 2.89. The molecule has 0 heterocycles. The van der Waals surface area contributed by atoms with Crippen molar-refractivity contribution in [1.29, 1.82) is 0 Å². The molecule has 0 fully saturated rings. The van der Waals surface area contributed by atoms with Crippen LogP contribution in [-0.4, -0.2) is 12.9 Å². The lowest BCUT2D eigenvalue weighted by Crippen LogP contribution is -2.34. The molecule has 3 aromatic carbocycles. The number of hydrogen-bond donors (Lipinski definition) is 0. The van der Waals surface area contributed by atoms with Gasteiger partial charge in [-0.3, -0.25) is 0 Å². The monoisotopic (exact) mass is 585 g/mol.